The molecular weight excluding hydrogens is 434 g/mol. The van der Waals surface area contributed by atoms with E-state index in [1.165, 1.54) is 6.20 Å². The molecule has 11 heteroatoms. The maximum Gasteiger partial charge on any atom is 0.252 e. The molecule has 2 fully saturated rings. The number of nitrogens with zero attached hydrogens (tertiary/aromatic N) is 7. The number of nitrogens with two attached hydrogens (primary N) is 1. The smallest absolute Gasteiger partial charge is 0.252 e. The summed E-state index contributed by atoms with van der Waals surface area (Å²) in [5.41, 5.74) is 8.42. The third-order valence-corrected chi connectivity index (χ3v) is 7.00. The molecule has 1 aliphatic carbocycles. The monoisotopic (exact) mass is 461 g/mol. The van der Waals surface area contributed by atoms with Gasteiger partial charge in [0.2, 0.25) is 5.91 Å². The minimum absolute atomic E-state index is 0.0945. The van der Waals surface area contributed by atoms with Crippen molar-refractivity contribution in [2.75, 3.05) is 18.4 Å². The van der Waals surface area contributed by atoms with Gasteiger partial charge in [-0.1, -0.05) is 6.92 Å². The van der Waals surface area contributed by atoms with Crippen LogP contribution < -0.4 is 11.1 Å². The molecule has 0 bridgehead atoms. The highest BCUT2D eigenvalue weighted by atomic mass is 16.2. The lowest BCUT2D eigenvalue weighted by Crippen LogP contribution is -2.36. The number of rotatable bonds is 6. The van der Waals surface area contributed by atoms with Gasteiger partial charge in [0.05, 0.1) is 41.1 Å². The summed E-state index contributed by atoms with van der Waals surface area (Å²) in [6, 6.07) is 2.08. The second-order valence-corrected chi connectivity index (χ2v) is 9.32. The number of aromatic nitrogens is 5. The summed E-state index contributed by atoms with van der Waals surface area (Å²) in [6.07, 6.45) is 7.19. The lowest BCUT2D eigenvalue weighted by atomic mass is 10.0. The number of primary amides is 1. The molecule has 1 saturated heterocycles. The van der Waals surface area contributed by atoms with Crippen molar-refractivity contribution in [3.63, 3.8) is 0 Å². The van der Waals surface area contributed by atoms with Crippen molar-refractivity contribution in [2.45, 2.75) is 39.2 Å². The summed E-state index contributed by atoms with van der Waals surface area (Å²) in [5, 5.41) is 21.7. The number of hydrogen-bond acceptors (Lipinski definition) is 7. The third kappa shape index (κ3) is 3.46. The van der Waals surface area contributed by atoms with Gasteiger partial charge < -0.3 is 16.0 Å². The first-order valence-corrected chi connectivity index (χ1v) is 11.4. The van der Waals surface area contributed by atoms with Gasteiger partial charge in [-0.2, -0.15) is 15.5 Å². The summed E-state index contributed by atoms with van der Waals surface area (Å²) in [6.45, 7) is 4.99. The van der Waals surface area contributed by atoms with Gasteiger partial charge in [0.1, 0.15) is 5.41 Å². The first-order valence-electron chi connectivity index (χ1n) is 11.4. The van der Waals surface area contributed by atoms with Crippen molar-refractivity contribution in [3.05, 3.63) is 29.8 Å². The molecule has 0 spiro atoms. The van der Waals surface area contributed by atoms with Crippen molar-refractivity contribution in [3.8, 4) is 17.3 Å². The lowest BCUT2D eigenvalue weighted by Gasteiger charge is -2.21. The summed E-state index contributed by atoms with van der Waals surface area (Å²) in [5.74, 6) is -0.551. The second-order valence-electron chi connectivity index (χ2n) is 9.32. The highest BCUT2D eigenvalue weighted by Crippen LogP contribution is 2.47. The molecule has 0 aromatic carbocycles. The Kier molecular flexibility index (Phi) is 5.04. The number of nitrogens with one attached hydrogen (secondary N) is 1. The minimum atomic E-state index is -0.852. The van der Waals surface area contributed by atoms with Gasteiger partial charge in [-0.15, -0.1) is 0 Å². The first kappa shape index (κ1) is 21.9. The number of aryl methyl sites for hydroxylation is 2. The SMILES string of the molecule is CC[C@H]1CN(C(=O)C2(C#N)CC2)C[C@H]1Nc1c(C(N)=O)cnn2cc(-c3cn(C)nc3C)nc12. The fourth-order valence-corrected chi connectivity index (χ4v) is 4.85. The van der Waals surface area contributed by atoms with Crippen LogP contribution in [0.3, 0.4) is 0 Å². The number of fused-ring (bicyclic) bond motifs is 1. The van der Waals surface area contributed by atoms with E-state index >= 15 is 0 Å². The number of hydrogen-bond donors (Lipinski definition) is 2. The van der Waals surface area contributed by atoms with Gasteiger partial charge in [-0.05, 0) is 32.1 Å². The van der Waals surface area contributed by atoms with Gasteiger partial charge in [0.15, 0.2) is 5.65 Å². The maximum atomic E-state index is 13.0. The van der Waals surface area contributed by atoms with E-state index in [0.717, 1.165) is 17.7 Å². The molecule has 0 radical (unpaired) electrons. The van der Waals surface area contributed by atoms with E-state index in [9.17, 15) is 14.9 Å². The summed E-state index contributed by atoms with van der Waals surface area (Å²) < 4.78 is 3.34. The molecule has 3 aromatic heterocycles. The number of anilines is 1. The van der Waals surface area contributed by atoms with Gasteiger partial charge in [-0.3, -0.25) is 14.3 Å². The zero-order valence-electron chi connectivity index (χ0n) is 19.4. The van der Waals surface area contributed by atoms with Crippen molar-refractivity contribution >= 4 is 23.1 Å². The van der Waals surface area contributed by atoms with Crippen LogP contribution in [-0.4, -0.2) is 60.2 Å². The van der Waals surface area contributed by atoms with Gasteiger partial charge in [0.25, 0.3) is 5.91 Å². The molecule has 2 aliphatic rings. The summed E-state index contributed by atoms with van der Waals surface area (Å²) in [7, 11) is 1.85. The normalized spacial score (nSPS) is 20.9. The van der Waals surface area contributed by atoms with Crippen LogP contribution in [0.1, 0.15) is 42.2 Å². The standard InChI is InChI=1S/C23H27N9O2/c1-4-14-8-31(22(34)23(12-24)5-6-23)10-17(14)27-19-15(20(25)33)7-26-32-11-18(28-21(19)32)16-9-30(3)29-13(16)2/h7,9,11,14,17,27H,4-6,8,10H2,1-3H3,(H2,25,33)/t14-,17+/m0/s1. The molecule has 4 heterocycles. The van der Waals surface area contributed by atoms with Crippen LogP contribution in [0.25, 0.3) is 16.9 Å². The average molecular weight is 462 g/mol. The predicted molar refractivity (Wildman–Crippen MR) is 123 cm³/mol. The molecular formula is C23H27N9O2. The van der Waals surface area contributed by atoms with Crippen LogP contribution in [0.4, 0.5) is 5.69 Å². The molecule has 34 heavy (non-hydrogen) atoms. The highest BCUT2D eigenvalue weighted by Gasteiger charge is 2.54. The molecule has 3 N–H and O–H groups in total. The number of likely N-dealkylation sites (tertiary alicyclic amines) is 1. The first-order chi connectivity index (χ1) is 16.3. The van der Waals surface area contributed by atoms with Gasteiger partial charge >= 0.3 is 0 Å². The Morgan fingerprint density at radius 1 is 1.32 bits per heavy atom. The topological polar surface area (TPSA) is 147 Å². The maximum absolute atomic E-state index is 13.0. The Labute approximate surface area is 196 Å². The fraction of sp³-hybridized carbons (Fsp3) is 0.478. The van der Waals surface area contributed by atoms with Crippen molar-refractivity contribution in [1.82, 2.24) is 29.3 Å². The van der Waals surface area contributed by atoms with E-state index in [2.05, 4.69) is 28.5 Å². The van der Waals surface area contributed by atoms with E-state index in [-0.39, 0.29) is 23.4 Å². The Bertz CT molecular complexity index is 1340. The molecule has 2 amide bonds. The number of carbonyl (C=O) groups excluding carboxylic acids is 2. The predicted octanol–water partition coefficient (Wildman–Crippen LogP) is 1.49. The van der Waals surface area contributed by atoms with Crippen LogP contribution in [0.2, 0.25) is 0 Å². The number of carbonyl (C=O) groups is 2. The van der Waals surface area contributed by atoms with E-state index in [0.29, 0.717) is 43.0 Å². The lowest BCUT2D eigenvalue weighted by molar-refractivity contribution is -0.134. The van der Waals surface area contributed by atoms with Gasteiger partial charge in [-0.25, -0.2) is 9.50 Å². The fourth-order valence-electron chi connectivity index (χ4n) is 4.85. The Morgan fingerprint density at radius 2 is 2.09 bits per heavy atom. The van der Waals surface area contributed by atoms with E-state index in [4.69, 9.17) is 10.7 Å². The molecule has 0 unspecified atom stereocenters. The number of nitriles is 1. The van der Waals surface area contributed by atoms with Crippen LogP contribution >= 0.6 is 0 Å². The minimum Gasteiger partial charge on any atom is -0.376 e. The molecule has 2 atom stereocenters. The van der Waals surface area contributed by atoms with Crippen LogP contribution in [0, 0.1) is 29.6 Å². The quantitative estimate of drug-likeness (QED) is 0.565. The third-order valence-electron chi connectivity index (χ3n) is 7.00. The molecule has 1 saturated carbocycles. The second kappa shape index (κ2) is 7.83. The van der Waals surface area contributed by atoms with Crippen molar-refractivity contribution in [2.24, 2.45) is 24.1 Å². The number of amides is 2. The van der Waals surface area contributed by atoms with Crippen LogP contribution in [0.5, 0.6) is 0 Å². The molecule has 3 aromatic rings. The van der Waals surface area contributed by atoms with Crippen molar-refractivity contribution < 1.29 is 9.59 Å². The molecule has 176 valence electrons. The van der Waals surface area contributed by atoms with Crippen LogP contribution in [-0.2, 0) is 11.8 Å². The Morgan fingerprint density at radius 3 is 2.68 bits per heavy atom. The molecule has 11 nitrogen and oxygen atoms in total. The van der Waals surface area contributed by atoms with Crippen LogP contribution in [0.15, 0.2) is 18.6 Å². The Balaban J connectivity index is 1.51. The number of imidazole rings is 1. The Hall–Kier alpha value is -3.94. The van der Waals surface area contributed by atoms with Gasteiger partial charge in [0, 0.05) is 37.9 Å². The molecule has 5 rings (SSSR count). The van der Waals surface area contributed by atoms with Crippen molar-refractivity contribution in [1.29, 1.82) is 5.26 Å². The zero-order valence-corrected chi connectivity index (χ0v) is 19.4. The summed E-state index contributed by atoms with van der Waals surface area (Å²) in [4.78, 5) is 31.8. The largest absolute Gasteiger partial charge is 0.376 e. The van der Waals surface area contributed by atoms with E-state index in [1.54, 1.807) is 20.3 Å². The van der Waals surface area contributed by atoms with E-state index < -0.39 is 11.3 Å². The van der Waals surface area contributed by atoms with E-state index in [1.807, 2.05) is 20.2 Å². The molecule has 1 aliphatic heterocycles. The highest BCUT2D eigenvalue weighted by molar-refractivity contribution is 6.01. The summed E-state index contributed by atoms with van der Waals surface area (Å²) >= 11 is 0. The zero-order chi connectivity index (χ0) is 24.2. The average Bonchev–Trinajstić information content (AvgIpc) is 3.13.